The van der Waals surface area contributed by atoms with Crippen molar-refractivity contribution >= 4 is 21.6 Å². The van der Waals surface area contributed by atoms with Crippen molar-refractivity contribution in [2.75, 3.05) is 4.72 Å². The minimum Gasteiger partial charge on any atom is -0.290 e. The maximum absolute atomic E-state index is 12.3. The van der Waals surface area contributed by atoms with Gasteiger partial charge in [-0.3, -0.25) is 14.9 Å². The highest BCUT2D eigenvalue weighted by atomic mass is 32.2. The second-order valence-electron chi connectivity index (χ2n) is 4.66. The molecular weight excluding hydrogens is 302 g/mol. The van der Waals surface area contributed by atoms with Gasteiger partial charge in [-0.1, -0.05) is 25.1 Å². The molecule has 0 fully saturated rings. The zero-order valence-corrected chi connectivity index (χ0v) is 12.9. The van der Waals surface area contributed by atoms with Crippen molar-refractivity contribution in [2.45, 2.75) is 18.2 Å². The highest BCUT2D eigenvalue weighted by molar-refractivity contribution is 7.92. The summed E-state index contributed by atoms with van der Waals surface area (Å²) in [5.41, 5.74) is 3.72. The fourth-order valence-corrected chi connectivity index (χ4v) is 3.01. The van der Waals surface area contributed by atoms with E-state index in [2.05, 4.69) is 4.72 Å². The van der Waals surface area contributed by atoms with Crippen LogP contribution in [0.2, 0.25) is 0 Å². The first-order valence-corrected chi connectivity index (χ1v) is 8.17. The third kappa shape index (κ3) is 3.63. The molecule has 1 amide bonds. The SMILES string of the molecule is CCc1ccc(NS(=O)(=O)c2cccc(C(=O)NN)c2)cc1. The summed E-state index contributed by atoms with van der Waals surface area (Å²) in [5, 5.41) is 0. The molecule has 0 unspecified atom stereocenters. The molecule has 2 aromatic rings. The van der Waals surface area contributed by atoms with E-state index in [4.69, 9.17) is 5.84 Å². The Morgan fingerprint density at radius 2 is 1.82 bits per heavy atom. The van der Waals surface area contributed by atoms with Crippen LogP contribution in [0.3, 0.4) is 0 Å². The van der Waals surface area contributed by atoms with Gasteiger partial charge in [0.1, 0.15) is 0 Å². The number of hydrogen-bond acceptors (Lipinski definition) is 4. The highest BCUT2D eigenvalue weighted by Gasteiger charge is 2.16. The van der Waals surface area contributed by atoms with Gasteiger partial charge in [0.25, 0.3) is 15.9 Å². The first-order valence-electron chi connectivity index (χ1n) is 6.69. The summed E-state index contributed by atoms with van der Waals surface area (Å²) in [7, 11) is -3.77. The summed E-state index contributed by atoms with van der Waals surface area (Å²) in [4.78, 5) is 11.5. The minimum absolute atomic E-state index is 0.00633. The summed E-state index contributed by atoms with van der Waals surface area (Å²) in [6, 6.07) is 12.8. The molecule has 0 radical (unpaired) electrons. The molecule has 0 atom stereocenters. The molecule has 0 aliphatic heterocycles. The van der Waals surface area contributed by atoms with Crippen LogP contribution in [0.25, 0.3) is 0 Å². The lowest BCUT2D eigenvalue weighted by molar-refractivity contribution is 0.0953. The Morgan fingerprint density at radius 3 is 2.41 bits per heavy atom. The van der Waals surface area contributed by atoms with Crippen LogP contribution < -0.4 is 16.0 Å². The number of hydrazine groups is 1. The largest absolute Gasteiger partial charge is 0.290 e. The minimum atomic E-state index is -3.77. The molecule has 0 bridgehead atoms. The second-order valence-corrected chi connectivity index (χ2v) is 6.34. The zero-order chi connectivity index (χ0) is 16.2. The van der Waals surface area contributed by atoms with Crippen molar-refractivity contribution in [1.82, 2.24) is 5.43 Å². The lowest BCUT2D eigenvalue weighted by Crippen LogP contribution is -2.30. The van der Waals surface area contributed by atoms with Gasteiger partial charge in [0.05, 0.1) is 4.90 Å². The van der Waals surface area contributed by atoms with Gasteiger partial charge in [0.2, 0.25) is 0 Å². The van der Waals surface area contributed by atoms with E-state index in [0.29, 0.717) is 5.69 Å². The third-order valence-corrected chi connectivity index (χ3v) is 4.53. The van der Waals surface area contributed by atoms with Crippen LogP contribution >= 0.6 is 0 Å². The molecule has 2 aromatic carbocycles. The van der Waals surface area contributed by atoms with E-state index >= 15 is 0 Å². The van der Waals surface area contributed by atoms with Crippen molar-refractivity contribution in [3.8, 4) is 0 Å². The van der Waals surface area contributed by atoms with Crippen molar-refractivity contribution in [3.05, 3.63) is 59.7 Å². The molecule has 22 heavy (non-hydrogen) atoms. The number of hydrogen-bond donors (Lipinski definition) is 3. The molecule has 0 aromatic heterocycles. The van der Waals surface area contributed by atoms with Crippen LogP contribution in [0.15, 0.2) is 53.4 Å². The summed E-state index contributed by atoms with van der Waals surface area (Å²) in [6.07, 6.45) is 0.878. The Hall–Kier alpha value is -2.38. The number of aryl methyl sites for hydroxylation is 1. The van der Waals surface area contributed by atoms with E-state index < -0.39 is 15.9 Å². The number of sulfonamides is 1. The van der Waals surface area contributed by atoms with E-state index in [0.717, 1.165) is 12.0 Å². The van der Waals surface area contributed by atoms with Crippen LogP contribution in [0.4, 0.5) is 5.69 Å². The Balaban J connectivity index is 2.27. The molecule has 7 heteroatoms. The van der Waals surface area contributed by atoms with Crippen LogP contribution in [-0.4, -0.2) is 14.3 Å². The molecule has 2 rings (SSSR count). The van der Waals surface area contributed by atoms with Crippen molar-refractivity contribution < 1.29 is 13.2 Å². The Morgan fingerprint density at radius 1 is 1.14 bits per heavy atom. The van der Waals surface area contributed by atoms with Crippen LogP contribution in [0.5, 0.6) is 0 Å². The molecule has 0 spiro atoms. The van der Waals surface area contributed by atoms with Crippen molar-refractivity contribution in [3.63, 3.8) is 0 Å². The maximum Gasteiger partial charge on any atom is 0.265 e. The molecule has 116 valence electrons. The Bertz CT molecular complexity index is 771. The van der Waals surface area contributed by atoms with E-state index in [-0.39, 0.29) is 10.5 Å². The summed E-state index contributed by atoms with van der Waals surface area (Å²) in [6.45, 7) is 2.02. The average molecular weight is 319 g/mol. The van der Waals surface area contributed by atoms with Gasteiger partial charge < -0.3 is 0 Å². The number of nitrogens with one attached hydrogen (secondary N) is 2. The molecule has 0 saturated carbocycles. The van der Waals surface area contributed by atoms with Gasteiger partial charge in [-0.25, -0.2) is 14.3 Å². The predicted molar refractivity (Wildman–Crippen MR) is 84.7 cm³/mol. The maximum atomic E-state index is 12.3. The molecule has 0 aliphatic carbocycles. The summed E-state index contributed by atoms with van der Waals surface area (Å²) >= 11 is 0. The Labute approximate surface area is 129 Å². The van der Waals surface area contributed by atoms with Crippen molar-refractivity contribution in [1.29, 1.82) is 0 Å². The van der Waals surface area contributed by atoms with Gasteiger partial charge >= 0.3 is 0 Å². The van der Waals surface area contributed by atoms with Gasteiger partial charge in [-0.2, -0.15) is 0 Å². The number of carbonyl (C=O) groups excluding carboxylic acids is 1. The van der Waals surface area contributed by atoms with Crippen LogP contribution in [0.1, 0.15) is 22.8 Å². The Kier molecular flexibility index (Phi) is 4.79. The van der Waals surface area contributed by atoms with Gasteiger partial charge in [-0.05, 0) is 42.3 Å². The van der Waals surface area contributed by atoms with E-state index in [1.165, 1.54) is 24.3 Å². The topological polar surface area (TPSA) is 101 Å². The molecule has 4 N–H and O–H groups in total. The zero-order valence-electron chi connectivity index (χ0n) is 12.0. The van der Waals surface area contributed by atoms with Crippen molar-refractivity contribution in [2.24, 2.45) is 5.84 Å². The first-order chi connectivity index (χ1) is 10.5. The smallest absolute Gasteiger partial charge is 0.265 e. The van der Waals surface area contributed by atoms with E-state index in [1.54, 1.807) is 12.1 Å². The van der Waals surface area contributed by atoms with Crippen LogP contribution in [0, 0.1) is 0 Å². The van der Waals surface area contributed by atoms with E-state index in [1.807, 2.05) is 24.5 Å². The standard InChI is InChI=1S/C15H17N3O3S/c1-2-11-6-8-13(9-7-11)18-22(20,21)14-5-3-4-12(10-14)15(19)17-16/h3-10,18H,2,16H2,1H3,(H,17,19). The summed E-state index contributed by atoms with van der Waals surface area (Å²) < 4.78 is 27.2. The number of anilines is 1. The molecule has 0 aliphatic rings. The number of nitrogen functional groups attached to an aromatic ring is 1. The monoisotopic (exact) mass is 319 g/mol. The normalized spacial score (nSPS) is 11.0. The number of carbonyl (C=O) groups is 1. The van der Waals surface area contributed by atoms with Crippen LogP contribution in [-0.2, 0) is 16.4 Å². The fraction of sp³-hybridized carbons (Fsp3) is 0.133. The fourth-order valence-electron chi connectivity index (χ4n) is 1.91. The first kappa shape index (κ1) is 16.0. The van der Waals surface area contributed by atoms with Gasteiger partial charge in [-0.15, -0.1) is 0 Å². The van der Waals surface area contributed by atoms with E-state index in [9.17, 15) is 13.2 Å². The number of rotatable bonds is 5. The third-order valence-electron chi connectivity index (χ3n) is 3.15. The quantitative estimate of drug-likeness (QED) is 0.443. The predicted octanol–water partition coefficient (Wildman–Crippen LogP) is 1.65. The molecule has 0 saturated heterocycles. The molecule has 6 nitrogen and oxygen atoms in total. The van der Waals surface area contributed by atoms with Gasteiger partial charge in [0, 0.05) is 11.3 Å². The highest BCUT2D eigenvalue weighted by Crippen LogP contribution is 2.18. The lowest BCUT2D eigenvalue weighted by Gasteiger charge is -2.09. The summed E-state index contributed by atoms with van der Waals surface area (Å²) in [5.74, 6) is 4.50. The number of amides is 1. The molecule has 0 heterocycles. The number of benzene rings is 2. The second kappa shape index (κ2) is 6.59. The van der Waals surface area contributed by atoms with Gasteiger partial charge in [0.15, 0.2) is 0 Å². The lowest BCUT2D eigenvalue weighted by atomic mass is 10.2. The molecular formula is C15H17N3O3S. The average Bonchev–Trinajstić information content (AvgIpc) is 2.54. The number of nitrogens with two attached hydrogens (primary N) is 1.